The van der Waals surface area contributed by atoms with Crippen molar-refractivity contribution in [3.63, 3.8) is 0 Å². The molecule has 0 aliphatic rings. The zero-order valence-corrected chi connectivity index (χ0v) is 9.18. The quantitative estimate of drug-likeness (QED) is 0.738. The molecule has 2 rings (SSSR count). The van der Waals surface area contributed by atoms with Crippen molar-refractivity contribution < 1.29 is 0 Å². The van der Waals surface area contributed by atoms with E-state index < -0.39 is 0 Å². The summed E-state index contributed by atoms with van der Waals surface area (Å²) < 4.78 is 0. The number of nitrogens with zero attached hydrogens (tertiary/aromatic N) is 4. The Morgan fingerprint density at radius 1 is 1.00 bits per heavy atom. The van der Waals surface area contributed by atoms with Crippen molar-refractivity contribution >= 4 is 0 Å². The predicted octanol–water partition coefficient (Wildman–Crippen LogP) is 2.20. The molecule has 1 aromatic carbocycles. The second-order valence-electron chi connectivity index (χ2n) is 3.54. The van der Waals surface area contributed by atoms with Crippen LogP contribution < -0.4 is 0 Å². The lowest BCUT2D eigenvalue weighted by Gasteiger charge is -2.01. The lowest BCUT2D eigenvalue weighted by molar-refractivity contribution is 1.13. The third-order valence-corrected chi connectivity index (χ3v) is 2.33. The van der Waals surface area contributed by atoms with Gasteiger partial charge in [0.1, 0.15) is 12.1 Å². The van der Waals surface area contributed by atoms with Gasteiger partial charge in [-0.25, -0.2) is 9.97 Å². The van der Waals surface area contributed by atoms with E-state index in [2.05, 4.69) is 9.97 Å². The second-order valence-corrected chi connectivity index (χ2v) is 3.54. The Hall–Kier alpha value is -2.72. The minimum Gasteiger partial charge on any atom is -0.240 e. The van der Waals surface area contributed by atoms with Crippen LogP contribution in [0.25, 0.3) is 11.3 Å². The minimum absolute atomic E-state index is 0.0587. The van der Waals surface area contributed by atoms with Crippen LogP contribution in [0.5, 0.6) is 0 Å². The monoisotopic (exact) mass is 220 g/mol. The molecule has 0 amide bonds. The van der Waals surface area contributed by atoms with Crippen molar-refractivity contribution in [2.24, 2.45) is 0 Å². The number of aryl methyl sites for hydroxylation is 1. The molecule has 0 spiro atoms. The number of hydrogen-bond donors (Lipinski definition) is 0. The van der Waals surface area contributed by atoms with Gasteiger partial charge in [0.25, 0.3) is 0 Å². The molecule has 1 heterocycles. The number of hydrogen-bond acceptors (Lipinski definition) is 4. The van der Waals surface area contributed by atoms with Crippen LogP contribution in [0.4, 0.5) is 0 Å². The first-order valence-corrected chi connectivity index (χ1v) is 4.99. The Morgan fingerprint density at radius 3 is 2.24 bits per heavy atom. The van der Waals surface area contributed by atoms with Crippen LogP contribution in [-0.2, 0) is 0 Å². The summed E-state index contributed by atoms with van der Waals surface area (Å²) in [6.07, 6.45) is 1.50. The summed E-state index contributed by atoms with van der Waals surface area (Å²) in [6, 6.07) is 11.4. The van der Waals surface area contributed by atoms with E-state index in [0.717, 1.165) is 11.1 Å². The molecular weight excluding hydrogens is 212 g/mol. The van der Waals surface area contributed by atoms with E-state index in [1.54, 1.807) is 0 Å². The van der Waals surface area contributed by atoms with Gasteiger partial charge >= 0.3 is 0 Å². The van der Waals surface area contributed by atoms with E-state index in [0.29, 0.717) is 5.69 Å². The van der Waals surface area contributed by atoms with E-state index in [-0.39, 0.29) is 11.4 Å². The highest BCUT2D eigenvalue weighted by Crippen LogP contribution is 2.17. The van der Waals surface area contributed by atoms with E-state index in [4.69, 9.17) is 10.5 Å². The molecule has 0 saturated heterocycles. The third-order valence-electron chi connectivity index (χ3n) is 2.33. The predicted molar refractivity (Wildman–Crippen MR) is 61.6 cm³/mol. The Balaban J connectivity index is 2.52. The highest BCUT2D eigenvalue weighted by Gasteiger charge is 2.07. The molecule has 0 atom stereocenters. The summed E-state index contributed by atoms with van der Waals surface area (Å²) in [5.74, 6) is 0. The summed E-state index contributed by atoms with van der Waals surface area (Å²) in [4.78, 5) is 8.04. The molecule has 80 valence electrons. The van der Waals surface area contributed by atoms with Crippen LogP contribution in [0.2, 0.25) is 0 Å². The van der Waals surface area contributed by atoms with Crippen molar-refractivity contribution in [1.82, 2.24) is 9.97 Å². The second kappa shape index (κ2) is 4.42. The van der Waals surface area contributed by atoms with Gasteiger partial charge < -0.3 is 0 Å². The molecule has 0 bridgehead atoms. The molecule has 0 unspecified atom stereocenters. The van der Waals surface area contributed by atoms with Gasteiger partial charge in [-0.1, -0.05) is 29.8 Å². The van der Waals surface area contributed by atoms with Gasteiger partial charge in [-0.15, -0.1) is 0 Å². The number of benzene rings is 1. The smallest absolute Gasteiger partial charge is 0.177 e. The van der Waals surface area contributed by atoms with Crippen LogP contribution in [-0.4, -0.2) is 9.97 Å². The molecule has 0 fully saturated rings. The molecule has 0 N–H and O–H groups in total. The Kier molecular flexibility index (Phi) is 2.81. The zero-order chi connectivity index (χ0) is 12.3. The fourth-order valence-electron chi connectivity index (χ4n) is 1.41. The summed E-state index contributed by atoms with van der Waals surface area (Å²) in [7, 11) is 0. The zero-order valence-electron chi connectivity index (χ0n) is 9.18. The maximum absolute atomic E-state index is 8.86. The molecular formula is C13H8N4. The van der Waals surface area contributed by atoms with Crippen molar-refractivity contribution in [3.05, 3.63) is 47.4 Å². The highest BCUT2D eigenvalue weighted by atomic mass is 14.8. The Morgan fingerprint density at radius 2 is 1.65 bits per heavy atom. The van der Waals surface area contributed by atoms with Crippen LogP contribution in [0.15, 0.2) is 30.5 Å². The van der Waals surface area contributed by atoms with Crippen molar-refractivity contribution in [2.75, 3.05) is 0 Å². The largest absolute Gasteiger partial charge is 0.240 e. The minimum atomic E-state index is 0.0587. The molecule has 17 heavy (non-hydrogen) atoms. The summed E-state index contributed by atoms with van der Waals surface area (Å²) in [5, 5.41) is 17.6. The summed E-state index contributed by atoms with van der Waals surface area (Å²) >= 11 is 0. The SMILES string of the molecule is Cc1ccc(-c2cnc(C#N)c(C#N)n2)cc1. The van der Waals surface area contributed by atoms with Crippen molar-refractivity contribution in [1.29, 1.82) is 10.5 Å². The molecule has 0 radical (unpaired) electrons. The fourth-order valence-corrected chi connectivity index (χ4v) is 1.41. The van der Waals surface area contributed by atoms with Crippen LogP contribution in [0, 0.1) is 29.6 Å². The van der Waals surface area contributed by atoms with Gasteiger partial charge in [-0.3, -0.25) is 0 Å². The van der Waals surface area contributed by atoms with Gasteiger partial charge in [-0.05, 0) is 6.92 Å². The van der Waals surface area contributed by atoms with E-state index >= 15 is 0 Å². The highest BCUT2D eigenvalue weighted by molar-refractivity contribution is 5.59. The molecule has 0 aliphatic carbocycles. The van der Waals surface area contributed by atoms with Gasteiger partial charge in [0, 0.05) is 5.56 Å². The van der Waals surface area contributed by atoms with Gasteiger partial charge in [0.05, 0.1) is 11.9 Å². The summed E-state index contributed by atoms with van der Waals surface area (Å²) in [5.41, 5.74) is 2.74. The number of nitriles is 2. The first kappa shape index (κ1) is 10.8. The molecule has 4 nitrogen and oxygen atoms in total. The first-order valence-electron chi connectivity index (χ1n) is 4.99. The van der Waals surface area contributed by atoms with Crippen molar-refractivity contribution in [2.45, 2.75) is 6.92 Å². The van der Waals surface area contributed by atoms with E-state index in [9.17, 15) is 0 Å². The summed E-state index contributed by atoms with van der Waals surface area (Å²) in [6.45, 7) is 1.99. The maximum Gasteiger partial charge on any atom is 0.177 e. The maximum atomic E-state index is 8.86. The topological polar surface area (TPSA) is 73.4 Å². The first-order chi connectivity index (χ1) is 8.24. The van der Waals surface area contributed by atoms with E-state index in [1.165, 1.54) is 6.20 Å². The van der Waals surface area contributed by atoms with Gasteiger partial charge in [-0.2, -0.15) is 10.5 Å². The normalized spacial score (nSPS) is 9.35. The average Bonchev–Trinajstić information content (AvgIpc) is 2.39. The van der Waals surface area contributed by atoms with Gasteiger partial charge in [0.15, 0.2) is 11.4 Å². The number of rotatable bonds is 1. The van der Waals surface area contributed by atoms with Crippen LogP contribution in [0.1, 0.15) is 17.0 Å². The van der Waals surface area contributed by atoms with Crippen LogP contribution in [0.3, 0.4) is 0 Å². The van der Waals surface area contributed by atoms with Crippen molar-refractivity contribution in [3.8, 4) is 23.4 Å². The molecule has 4 heteroatoms. The van der Waals surface area contributed by atoms with Crippen LogP contribution >= 0.6 is 0 Å². The molecule has 0 saturated carbocycles. The van der Waals surface area contributed by atoms with Gasteiger partial charge in [0.2, 0.25) is 0 Å². The fraction of sp³-hybridized carbons (Fsp3) is 0.0769. The Labute approximate surface area is 98.8 Å². The average molecular weight is 220 g/mol. The molecule has 1 aromatic heterocycles. The standard InChI is InChI=1S/C13H8N4/c1-9-2-4-10(5-3-9)13-8-16-11(6-14)12(7-15)17-13/h2-5,8H,1H3. The number of aromatic nitrogens is 2. The Bertz CT molecular complexity index is 630. The third kappa shape index (κ3) is 2.11. The molecule has 0 aliphatic heterocycles. The lowest BCUT2D eigenvalue weighted by Crippen LogP contribution is -1.95. The molecule has 2 aromatic rings. The lowest BCUT2D eigenvalue weighted by atomic mass is 10.1. The van der Waals surface area contributed by atoms with E-state index in [1.807, 2.05) is 43.3 Å².